The second-order valence-corrected chi connectivity index (χ2v) is 4.69. The fraction of sp³-hybridized carbons (Fsp3) is 0.200. The largest absolute Gasteiger partial charge is 0.349 e. The Kier molecular flexibility index (Phi) is 2.99. The number of nitrogens with zero attached hydrogens (tertiary/aromatic N) is 1. The molecule has 2 aromatic rings. The number of carbonyl (C=O) groups excluding carboxylic acids is 1. The molecule has 1 aromatic heterocycles. The fourth-order valence-electron chi connectivity index (χ4n) is 1.84. The minimum atomic E-state index is -0.296. The molecule has 19 heavy (non-hydrogen) atoms. The van der Waals surface area contributed by atoms with E-state index in [1.807, 2.05) is 0 Å². The van der Waals surface area contributed by atoms with Crippen molar-refractivity contribution in [2.24, 2.45) is 0 Å². The van der Waals surface area contributed by atoms with E-state index in [1.54, 1.807) is 24.3 Å². The van der Waals surface area contributed by atoms with Crippen LogP contribution in [-0.2, 0) is 0 Å². The average molecular weight is 256 g/mol. The minimum absolute atomic E-state index is 0.0965. The number of benzene rings is 1. The summed E-state index contributed by atoms with van der Waals surface area (Å²) in [5, 5.41) is 2.90. The van der Waals surface area contributed by atoms with E-state index < -0.39 is 0 Å². The lowest BCUT2D eigenvalue weighted by atomic mass is 10.1. The van der Waals surface area contributed by atoms with Gasteiger partial charge in [-0.25, -0.2) is 4.39 Å². The summed E-state index contributed by atoms with van der Waals surface area (Å²) >= 11 is 0. The molecule has 3 nitrogen and oxygen atoms in total. The Balaban J connectivity index is 1.80. The zero-order valence-electron chi connectivity index (χ0n) is 10.3. The zero-order valence-corrected chi connectivity index (χ0v) is 10.3. The minimum Gasteiger partial charge on any atom is -0.349 e. The van der Waals surface area contributed by atoms with E-state index in [-0.39, 0.29) is 11.7 Å². The van der Waals surface area contributed by atoms with Gasteiger partial charge in [-0.2, -0.15) is 0 Å². The first-order valence-electron chi connectivity index (χ1n) is 6.25. The molecule has 1 heterocycles. The number of amides is 1. The molecule has 1 aromatic carbocycles. The van der Waals surface area contributed by atoms with Crippen molar-refractivity contribution in [3.63, 3.8) is 0 Å². The number of carbonyl (C=O) groups is 1. The van der Waals surface area contributed by atoms with E-state index in [0.717, 1.165) is 12.8 Å². The maximum Gasteiger partial charge on any atom is 0.253 e. The predicted molar refractivity (Wildman–Crippen MR) is 70.1 cm³/mol. The summed E-state index contributed by atoms with van der Waals surface area (Å²) in [6.07, 6.45) is 3.64. The Bertz CT molecular complexity index is 606. The summed E-state index contributed by atoms with van der Waals surface area (Å²) in [6, 6.07) is 10.0. The molecule has 1 N–H and O–H groups in total. The molecular formula is C15H13FN2O. The van der Waals surface area contributed by atoms with Gasteiger partial charge in [0.1, 0.15) is 5.82 Å². The smallest absolute Gasteiger partial charge is 0.253 e. The molecule has 0 aliphatic heterocycles. The molecule has 0 radical (unpaired) electrons. The van der Waals surface area contributed by atoms with Gasteiger partial charge < -0.3 is 5.32 Å². The number of aromatic nitrogens is 1. The molecule has 96 valence electrons. The molecule has 1 aliphatic carbocycles. The van der Waals surface area contributed by atoms with Crippen molar-refractivity contribution in [1.29, 1.82) is 0 Å². The number of pyridine rings is 1. The molecule has 0 bridgehead atoms. The number of rotatable bonds is 3. The van der Waals surface area contributed by atoms with Gasteiger partial charge in [-0.05, 0) is 37.1 Å². The lowest BCUT2D eigenvalue weighted by molar-refractivity contribution is 0.0950. The van der Waals surface area contributed by atoms with Crippen molar-refractivity contribution in [2.75, 3.05) is 0 Å². The van der Waals surface area contributed by atoms with E-state index >= 15 is 0 Å². The van der Waals surface area contributed by atoms with Gasteiger partial charge in [-0.15, -0.1) is 0 Å². The third-order valence-electron chi connectivity index (χ3n) is 3.06. The van der Waals surface area contributed by atoms with Crippen LogP contribution in [0.3, 0.4) is 0 Å². The third-order valence-corrected chi connectivity index (χ3v) is 3.06. The Morgan fingerprint density at radius 1 is 1.26 bits per heavy atom. The van der Waals surface area contributed by atoms with E-state index in [4.69, 9.17) is 0 Å². The van der Waals surface area contributed by atoms with Crippen LogP contribution in [0.2, 0.25) is 0 Å². The SMILES string of the molecule is O=C(NC1CC1)c1ccc(-c2cccc(F)c2)nc1. The lowest BCUT2D eigenvalue weighted by Crippen LogP contribution is -2.25. The number of hydrogen-bond acceptors (Lipinski definition) is 2. The van der Waals surface area contributed by atoms with Crippen molar-refractivity contribution < 1.29 is 9.18 Å². The van der Waals surface area contributed by atoms with Gasteiger partial charge in [0.05, 0.1) is 11.3 Å². The van der Waals surface area contributed by atoms with Gasteiger partial charge in [0, 0.05) is 17.8 Å². The first-order chi connectivity index (χ1) is 9.22. The van der Waals surface area contributed by atoms with Gasteiger partial charge in [-0.1, -0.05) is 12.1 Å². The highest BCUT2D eigenvalue weighted by atomic mass is 19.1. The average Bonchev–Trinajstić information content (AvgIpc) is 3.23. The highest BCUT2D eigenvalue weighted by Gasteiger charge is 2.23. The molecule has 0 saturated heterocycles. The highest BCUT2D eigenvalue weighted by Crippen LogP contribution is 2.20. The predicted octanol–water partition coefficient (Wildman–Crippen LogP) is 2.78. The summed E-state index contributed by atoms with van der Waals surface area (Å²) in [6.45, 7) is 0. The third kappa shape index (κ3) is 2.78. The Labute approximate surface area is 110 Å². The van der Waals surface area contributed by atoms with E-state index in [1.165, 1.54) is 18.3 Å². The van der Waals surface area contributed by atoms with E-state index in [0.29, 0.717) is 22.9 Å². The molecular weight excluding hydrogens is 243 g/mol. The molecule has 0 atom stereocenters. The Hall–Kier alpha value is -2.23. The second kappa shape index (κ2) is 4.80. The maximum atomic E-state index is 13.1. The molecule has 0 unspecified atom stereocenters. The fourth-order valence-corrected chi connectivity index (χ4v) is 1.84. The van der Waals surface area contributed by atoms with Crippen LogP contribution < -0.4 is 5.32 Å². The molecule has 1 fully saturated rings. The monoisotopic (exact) mass is 256 g/mol. The molecule has 1 saturated carbocycles. The van der Waals surface area contributed by atoms with Crippen LogP contribution in [0.1, 0.15) is 23.2 Å². The number of nitrogens with one attached hydrogen (secondary N) is 1. The topological polar surface area (TPSA) is 42.0 Å². The maximum absolute atomic E-state index is 13.1. The van der Waals surface area contributed by atoms with Crippen LogP contribution in [0.4, 0.5) is 4.39 Å². The number of hydrogen-bond donors (Lipinski definition) is 1. The first kappa shape index (κ1) is 11.8. The summed E-state index contributed by atoms with van der Waals surface area (Å²) in [4.78, 5) is 16.0. The van der Waals surface area contributed by atoms with Crippen LogP contribution in [0, 0.1) is 5.82 Å². The van der Waals surface area contributed by atoms with Crippen molar-refractivity contribution >= 4 is 5.91 Å². The van der Waals surface area contributed by atoms with E-state index in [9.17, 15) is 9.18 Å². The standard InChI is InChI=1S/C15H13FN2O/c16-12-3-1-2-10(8-12)14-7-4-11(9-17-14)15(19)18-13-5-6-13/h1-4,7-9,13H,5-6H2,(H,18,19). The first-order valence-corrected chi connectivity index (χ1v) is 6.25. The van der Waals surface area contributed by atoms with Crippen LogP contribution in [0.25, 0.3) is 11.3 Å². The molecule has 1 amide bonds. The molecule has 3 rings (SSSR count). The molecule has 0 spiro atoms. The normalized spacial score (nSPS) is 14.2. The van der Waals surface area contributed by atoms with Gasteiger partial charge in [-0.3, -0.25) is 9.78 Å². The van der Waals surface area contributed by atoms with Crippen molar-refractivity contribution in [3.8, 4) is 11.3 Å². The zero-order chi connectivity index (χ0) is 13.2. The van der Waals surface area contributed by atoms with Crippen molar-refractivity contribution in [2.45, 2.75) is 18.9 Å². The number of halogens is 1. The van der Waals surface area contributed by atoms with Gasteiger partial charge in [0.15, 0.2) is 0 Å². The highest BCUT2D eigenvalue weighted by molar-refractivity contribution is 5.94. The molecule has 1 aliphatic rings. The van der Waals surface area contributed by atoms with Gasteiger partial charge in [0.2, 0.25) is 0 Å². The van der Waals surface area contributed by atoms with E-state index in [2.05, 4.69) is 10.3 Å². The van der Waals surface area contributed by atoms with Gasteiger partial charge in [0.25, 0.3) is 5.91 Å². The summed E-state index contributed by atoms with van der Waals surface area (Å²) in [7, 11) is 0. The van der Waals surface area contributed by atoms with Crippen LogP contribution in [0.5, 0.6) is 0 Å². The lowest BCUT2D eigenvalue weighted by Gasteiger charge is -2.04. The Morgan fingerprint density at radius 2 is 2.11 bits per heavy atom. The van der Waals surface area contributed by atoms with Crippen molar-refractivity contribution in [3.05, 3.63) is 54.0 Å². The Morgan fingerprint density at radius 3 is 2.74 bits per heavy atom. The van der Waals surface area contributed by atoms with Gasteiger partial charge >= 0.3 is 0 Å². The van der Waals surface area contributed by atoms with Crippen molar-refractivity contribution in [1.82, 2.24) is 10.3 Å². The van der Waals surface area contributed by atoms with Crippen LogP contribution in [0.15, 0.2) is 42.6 Å². The molecule has 4 heteroatoms. The quantitative estimate of drug-likeness (QED) is 0.917. The van der Waals surface area contributed by atoms with Crippen LogP contribution >= 0.6 is 0 Å². The second-order valence-electron chi connectivity index (χ2n) is 4.69. The summed E-state index contributed by atoms with van der Waals surface area (Å²) in [5.74, 6) is -0.393. The summed E-state index contributed by atoms with van der Waals surface area (Å²) in [5.41, 5.74) is 1.89. The van der Waals surface area contributed by atoms with Crippen LogP contribution in [-0.4, -0.2) is 16.9 Å². The summed E-state index contributed by atoms with van der Waals surface area (Å²) < 4.78 is 13.1.